The molecule has 3 rings (SSSR count). The maximum absolute atomic E-state index is 12.1. The average Bonchev–Trinajstić information content (AvgIpc) is 3.18. The zero-order valence-corrected chi connectivity index (χ0v) is 11.3. The van der Waals surface area contributed by atoms with Crippen molar-refractivity contribution >= 4 is 11.7 Å². The first-order valence-corrected chi connectivity index (χ1v) is 6.63. The molecule has 0 saturated carbocycles. The van der Waals surface area contributed by atoms with Crippen LogP contribution in [0.5, 0.6) is 0 Å². The minimum absolute atomic E-state index is 0.0225. The van der Waals surface area contributed by atoms with E-state index < -0.39 is 0 Å². The highest BCUT2D eigenvalue weighted by atomic mass is 16.3. The van der Waals surface area contributed by atoms with E-state index in [4.69, 9.17) is 9.95 Å². The molecule has 0 N–H and O–H groups in total. The van der Waals surface area contributed by atoms with Crippen LogP contribution in [0.1, 0.15) is 12.2 Å². The Bertz CT molecular complexity index is 671. The number of hydrogen-bond donors (Lipinski definition) is 0. The van der Waals surface area contributed by atoms with E-state index in [1.807, 2.05) is 12.1 Å². The number of carbonyl (C=O) groups excluding carboxylic acids is 1. The van der Waals surface area contributed by atoms with Crippen molar-refractivity contribution in [3.8, 4) is 0 Å². The van der Waals surface area contributed by atoms with Gasteiger partial charge in [0.15, 0.2) is 0 Å². The molecule has 1 fully saturated rings. The largest absolute Gasteiger partial charge is 0.467 e. The fourth-order valence-electron chi connectivity index (χ4n) is 2.50. The third kappa shape index (κ3) is 2.75. The number of furan rings is 1. The van der Waals surface area contributed by atoms with Crippen LogP contribution < -0.4 is 4.90 Å². The summed E-state index contributed by atoms with van der Waals surface area (Å²) in [6.45, 7) is 1.35. The Balaban J connectivity index is 1.76. The van der Waals surface area contributed by atoms with E-state index >= 15 is 0 Å². The van der Waals surface area contributed by atoms with Crippen molar-refractivity contribution in [1.82, 2.24) is 9.78 Å². The number of rotatable bonds is 5. The number of hydrogen-bond acceptors (Lipinski definition) is 4. The second-order valence-electron chi connectivity index (χ2n) is 4.91. The van der Waals surface area contributed by atoms with Crippen molar-refractivity contribution in [2.24, 2.45) is 11.0 Å². The summed E-state index contributed by atoms with van der Waals surface area (Å²) < 4.78 is 7.03. The quantitative estimate of drug-likeness (QED) is 0.478. The number of carbonyl (C=O) groups is 1. The zero-order valence-electron chi connectivity index (χ0n) is 11.3. The normalized spacial score (nSPS) is 18.0. The Kier molecular flexibility index (Phi) is 3.61. The molecule has 8 heteroatoms. The Morgan fingerprint density at radius 1 is 1.52 bits per heavy atom. The van der Waals surface area contributed by atoms with Gasteiger partial charge in [-0.25, -0.2) is 4.68 Å². The first-order chi connectivity index (χ1) is 10.3. The van der Waals surface area contributed by atoms with E-state index in [-0.39, 0.29) is 11.8 Å². The van der Waals surface area contributed by atoms with E-state index in [9.17, 15) is 4.79 Å². The highest BCUT2D eigenvalue weighted by molar-refractivity contribution is 5.94. The van der Waals surface area contributed by atoms with Crippen LogP contribution in [0.15, 0.2) is 40.2 Å². The molecular weight excluding hydrogens is 272 g/mol. The number of anilines is 1. The van der Waals surface area contributed by atoms with E-state index in [0.717, 1.165) is 11.6 Å². The third-order valence-electron chi connectivity index (χ3n) is 3.46. The molecule has 0 spiro atoms. The number of azide groups is 1. The molecular formula is C13H14N6O2. The number of amides is 1. The monoisotopic (exact) mass is 286 g/mol. The lowest BCUT2D eigenvalue weighted by atomic mass is 10.1. The minimum atomic E-state index is 0.0225. The second-order valence-corrected chi connectivity index (χ2v) is 4.91. The first kappa shape index (κ1) is 13.3. The lowest BCUT2D eigenvalue weighted by molar-refractivity contribution is -0.117. The van der Waals surface area contributed by atoms with Gasteiger partial charge in [-0.2, -0.15) is 5.10 Å². The van der Waals surface area contributed by atoms with Gasteiger partial charge in [-0.1, -0.05) is 5.11 Å². The van der Waals surface area contributed by atoms with Gasteiger partial charge in [-0.15, -0.1) is 0 Å². The molecule has 1 unspecified atom stereocenters. The topological polar surface area (TPSA) is 100 Å². The average molecular weight is 286 g/mol. The van der Waals surface area contributed by atoms with Gasteiger partial charge >= 0.3 is 0 Å². The van der Waals surface area contributed by atoms with Gasteiger partial charge in [0.1, 0.15) is 18.1 Å². The van der Waals surface area contributed by atoms with Gasteiger partial charge in [-0.3, -0.25) is 9.69 Å². The van der Waals surface area contributed by atoms with Gasteiger partial charge in [0.2, 0.25) is 5.91 Å². The fraction of sp³-hybridized carbons (Fsp3) is 0.385. The van der Waals surface area contributed by atoms with Crippen molar-refractivity contribution < 1.29 is 9.21 Å². The summed E-state index contributed by atoms with van der Waals surface area (Å²) in [5, 5.41) is 7.79. The van der Waals surface area contributed by atoms with Crippen molar-refractivity contribution in [1.29, 1.82) is 0 Å². The fourth-order valence-corrected chi connectivity index (χ4v) is 2.50. The van der Waals surface area contributed by atoms with Crippen LogP contribution in [0.25, 0.3) is 10.4 Å². The Morgan fingerprint density at radius 3 is 3.19 bits per heavy atom. The SMILES string of the molecule is [N-]=[N+]=NCC1CC(=O)N(c2ccnn2Cc2ccco2)C1. The Hall–Kier alpha value is -2.73. The summed E-state index contributed by atoms with van der Waals surface area (Å²) in [6, 6.07) is 5.48. The Labute approximate surface area is 120 Å². The summed E-state index contributed by atoms with van der Waals surface area (Å²) in [5.41, 5.74) is 8.37. The van der Waals surface area contributed by atoms with Crippen molar-refractivity contribution in [2.75, 3.05) is 18.0 Å². The van der Waals surface area contributed by atoms with Crippen LogP contribution in [-0.2, 0) is 11.3 Å². The molecule has 1 saturated heterocycles. The lowest BCUT2D eigenvalue weighted by Crippen LogP contribution is -2.27. The molecule has 108 valence electrons. The molecule has 1 atom stereocenters. The minimum Gasteiger partial charge on any atom is -0.467 e. The molecule has 2 aromatic rings. The van der Waals surface area contributed by atoms with Crippen molar-refractivity contribution in [2.45, 2.75) is 13.0 Å². The number of nitrogens with zero attached hydrogens (tertiary/aromatic N) is 6. The van der Waals surface area contributed by atoms with Gasteiger partial charge in [-0.05, 0) is 23.6 Å². The molecule has 0 radical (unpaired) electrons. The van der Waals surface area contributed by atoms with Gasteiger partial charge < -0.3 is 4.42 Å². The van der Waals surface area contributed by atoms with E-state index in [1.54, 1.807) is 28.1 Å². The Morgan fingerprint density at radius 2 is 2.43 bits per heavy atom. The van der Waals surface area contributed by atoms with Crippen molar-refractivity contribution in [3.63, 3.8) is 0 Å². The summed E-state index contributed by atoms with van der Waals surface area (Å²) in [7, 11) is 0. The van der Waals surface area contributed by atoms with E-state index in [1.165, 1.54) is 0 Å². The highest BCUT2D eigenvalue weighted by Gasteiger charge is 2.31. The van der Waals surface area contributed by atoms with Gasteiger partial charge in [0.25, 0.3) is 0 Å². The van der Waals surface area contributed by atoms with E-state index in [0.29, 0.717) is 26.1 Å². The molecule has 21 heavy (non-hydrogen) atoms. The molecule has 1 amide bonds. The summed E-state index contributed by atoms with van der Waals surface area (Å²) in [4.78, 5) is 16.6. The molecule has 1 aliphatic rings. The smallest absolute Gasteiger partial charge is 0.228 e. The van der Waals surface area contributed by atoms with Gasteiger partial charge in [0.05, 0.1) is 12.5 Å². The van der Waals surface area contributed by atoms with Gasteiger partial charge in [0, 0.05) is 30.5 Å². The predicted octanol–water partition coefficient (Wildman–Crippen LogP) is 2.19. The van der Waals surface area contributed by atoms with Crippen LogP contribution in [0.4, 0.5) is 5.82 Å². The third-order valence-corrected chi connectivity index (χ3v) is 3.46. The van der Waals surface area contributed by atoms with Crippen LogP contribution in [0.2, 0.25) is 0 Å². The summed E-state index contributed by atoms with van der Waals surface area (Å²) in [6.07, 6.45) is 3.66. The predicted molar refractivity (Wildman–Crippen MR) is 74.5 cm³/mol. The summed E-state index contributed by atoms with van der Waals surface area (Å²) >= 11 is 0. The number of aromatic nitrogens is 2. The molecule has 0 bridgehead atoms. The second kappa shape index (κ2) is 5.72. The van der Waals surface area contributed by atoms with E-state index in [2.05, 4.69) is 15.1 Å². The maximum atomic E-state index is 12.1. The molecule has 3 heterocycles. The highest BCUT2D eigenvalue weighted by Crippen LogP contribution is 2.25. The maximum Gasteiger partial charge on any atom is 0.228 e. The van der Waals surface area contributed by atoms with Crippen molar-refractivity contribution in [3.05, 3.63) is 46.9 Å². The molecule has 2 aromatic heterocycles. The van der Waals surface area contributed by atoms with Crippen LogP contribution in [-0.4, -0.2) is 28.8 Å². The standard InChI is InChI=1S/C13H14N6O2/c14-17-15-7-10-6-13(20)18(8-10)12-3-4-16-19(12)9-11-2-1-5-21-11/h1-5,10H,6-9H2. The summed E-state index contributed by atoms with van der Waals surface area (Å²) in [5.74, 6) is 1.59. The molecule has 1 aliphatic heterocycles. The molecule has 0 aliphatic carbocycles. The van der Waals surface area contributed by atoms with Crippen LogP contribution in [0.3, 0.4) is 0 Å². The van der Waals surface area contributed by atoms with Crippen LogP contribution in [0, 0.1) is 5.92 Å². The first-order valence-electron chi connectivity index (χ1n) is 6.63. The van der Waals surface area contributed by atoms with Crippen LogP contribution >= 0.6 is 0 Å². The lowest BCUT2D eigenvalue weighted by Gasteiger charge is -2.17. The molecule has 0 aromatic carbocycles. The molecule has 8 nitrogen and oxygen atoms in total. The zero-order chi connectivity index (χ0) is 14.7.